The van der Waals surface area contributed by atoms with Crippen molar-refractivity contribution < 1.29 is 17.6 Å². The number of nitrogens with two attached hydrogens (primary N) is 2. The molecule has 1 atom stereocenters. The summed E-state index contributed by atoms with van der Waals surface area (Å²) < 4.78 is 39.8. The van der Waals surface area contributed by atoms with Gasteiger partial charge >= 0.3 is 0 Å². The zero-order chi connectivity index (χ0) is 30.5. The first-order valence-corrected chi connectivity index (χ1v) is 15.9. The van der Waals surface area contributed by atoms with Crippen LogP contribution in [-0.2, 0) is 34.2 Å². The van der Waals surface area contributed by atoms with Crippen molar-refractivity contribution in [3.8, 4) is 0 Å². The number of benzene rings is 2. The molecule has 0 spiro atoms. The molecule has 0 radical (unpaired) electrons. The highest BCUT2D eigenvalue weighted by Gasteiger charge is 2.29. The van der Waals surface area contributed by atoms with Crippen molar-refractivity contribution >= 4 is 16.3 Å². The minimum Gasteiger partial charge on any atom is -0.401 e. The number of rotatable bonds is 11. The molecule has 0 saturated carbocycles. The summed E-state index contributed by atoms with van der Waals surface area (Å²) in [6.45, 7) is 4.69. The number of aryl methyl sites for hydroxylation is 3. The Morgan fingerprint density at radius 2 is 1.79 bits per heavy atom. The third-order valence-corrected chi connectivity index (χ3v) is 9.33. The molecule has 2 aliphatic rings. The second-order valence-electron chi connectivity index (χ2n) is 10.8. The first-order valence-electron chi connectivity index (χ1n) is 14.4. The van der Waals surface area contributed by atoms with Gasteiger partial charge < -0.3 is 21.3 Å². The van der Waals surface area contributed by atoms with Crippen LogP contribution in [0.4, 0.5) is 4.39 Å². The average molecular weight is 601 g/mol. The molecule has 6 N–H and O–H groups in total. The van der Waals surface area contributed by atoms with Gasteiger partial charge in [0.1, 0.15) is 18.5 Å². The quantitative estimate of drug-likeness (QED) is 0.175. The van der Waals surface area contributed by atoms with Gasteiger partial charge in [0, 0.05) is 57.4 Å². The van der Waals surface area contributed by atoms with Crippen molar-refractivity contribution in [1.82, 2.24) is 19.9 Å². The predicted octanol–water partition coefficient (Wildman–Crippen LogP) is 3.40. The molecule has 2 aromatic carbocycles. The summed E-state index contributed by atoms with van der Waals surface area (Å²) >= 11 is 0. The van der Waals surface area contributed by atoms with Gasteiger partial charge in [0.05, 0.1) is 4.90 Å². The van der Waals surface area contributed by atoms with Crippen LogP contribution in [0, 0.1) is 6.92 Å². The maximum atomic E-state index is 13.1. The summed E-state index contributed by atoms with van der Waals surface area (Å²) in [4.78, 5) is 14.0. The Kier molecular flexibility index (Phi) is 12.8. The number of sulfonamides is 1. The molecule has 0 bridgehead atoms. The molecular formula is C31H45FN6O3S. The topological polar surface area (TPSA) is 134 Å². The fraction of sp³-hybridized carbons (Fsp3) is 0.452. The van der Waals surface area contributed by atoms with E-state index in [-0.39, 0.29) is 17.0 Å². The number of fused-ring (bicyclic) bond motifs is 1. The fourth-order valence-electron chi connectivity index (χ4n) is 5.16. The van der Waals surface area contributed by atoms with Crippen LogP contribution in [0.15, 0.2) is 71.7 Å². The number of aldehydes is 1. The van der Waals surface area contributed by atoms with E-state index in [0.717, 1.165) is 29.5 Å². The van der Waals surface area contributed by atoms with E-state index >= 15 is 0 Å². The number of likely N-dealkylation sites (tertiary alicyclic amines) is 1. The van der Waals surface area contributed by atoms with Crippen molar-refractivity contribution in [3.05, 3.63) is 89.0 Å². The average Bonchev–Trinajstić information content (AvgIpc) is 2.98. The molecule has 11 heteroatoms. The van der Waals surface area contributed by atoms with Crippen molar-refractivity contribution in [2.24, 2.45) is 11.6 Å². The third kappa shape index (κ3) is 9.57. The second-order valence-corrected chi connectivity index (χ2v) is 12.7. The summed E-state index contributed by atoms with van der Waals surface area (Å²) in [7, 11) is -2.30. The van der Waals surface area contributed by atoms with E-state index in [9.17, 15) is 17.6 Å². The van der Waals surface area contributed by atoms with Crippen molar-refractivity contribution in [2.75, 3.05) is 20.1 Å². The van der Waals surface area contributed by atoms with Crippen LogP contribution in [0.25, 0.3) is 0 Å². The second kappa shape index (κ2) is 16.3. The summed E-state index contributed by atoms with van der Waals surface area (Å²) in [5.41, 5.74) is 13.7. The van der Waals surface area contributed by atoms with Gasteiger partial charge in [-0.1, -0.05) is 35.9 Å². The molecule has 0 unspecified atom stereocenters. The summed E-state index contributed by atoms with van der Waals surface area (Å²) in [6.07, 6.45) is 10.6. The van der Waals surface area contributed by atoms with Gasteiger partial charge in [-0.05, 0) is 74.3 Å². The maximum absolute atomic E-state index is 13.1. The number of carbonyl (C=O) groups is 1. The van der Waals surface area contributed by atoms with Gasteiger partial charge in [0.25, 0.3) is 10.0 Å². The Labute approximate surface area is 249 Å². The number of piperidine rings is 1. The van der Waals surface area contributed by atoms with E-state index in [0.29, 0.717) is 19.1 Å². The summed E-state index contributed by atoms with van der Waals surface area (Å²) in [5.74, 6) is 5.14. The number of hydrogen-bond donors (Lipinski definition) is 4. The molecule has 0 amide bonds. The van der Waals surface area contributed by atoms with Gasteiger partial charge in [0.15, 0.2) is 0 Å². The number of hydrogen-bond acceptors (Lipinski definition) is 8. The molecule has 42 heavy (non-hydrogen) atoms. The minimum absolute atomic E-state index is 0.00710. The molecule has 1 heterocycles. The number of nitrogens with zero attached hydrogens (tertiary/aromatic N) is 2. The fourth-order valence-corrected chi connectivity index (χ4v) is 6.58. The Morgan fingerprint density at radius 3 is 2.40 bits per heavy atom. The zero-order valence-electron chi connectivity index (χ0n) is 24.6. The number of hydrazine groups is 1. The van der Waals surface area contributed by atoms with Gasteiger partial charge in [-0.25, -0.2) is 12.8 Å². The lowest BCUT2D eigenvalue weighted by molar-refractivity contribution is -0.110. The first-order chi connectivity index (χ1) is 20.2. The molecule has 9 nitrogen and oxygen atoms in total. The van der Waals surface area contributed by atoms with Crippen molar-refractivity contribution in [3.63, 3.8) is 0 Å². The van der Waals surface area contributed by atoms with Crippen LogP contribution in [0.5, 0.6) is 0 Å². The van der Waals surface area contributed by atoms with Crippen LogP contribution in [0.1, 0.15) is 54.4 Å². The van der Waals surface area contributed by atoms with E-state index in [4.69, 9.17) is 11.6 Å². The molecule has 4 rings (SSSR count). The first kappa shape index (κ1) is 33.1. The third-order valence-electron chi connectivity index (χ3n) is 7.52. The molecule has 1 saturated heterocycles. The number of nitrogens with one attached hydrogen (secondary N) is 2. The van der Waals surface area contributed by atoms with Crippen molar-refractivity contribution in [2.45, 2.75) is 75.5 Å². The highest BCUT2D eigenvalue weighted by Crippen LogP contribution is 2.24. The minimum atomic E-state index is -3.92. The predicted molar refractivity (Wildman–Crippen MR) is 165 cm³/mol. The van der Waals surface area contributed by atoms with Crippen LogP contribution < -0.4 is 22.3 Å². The Morgan fingerprint density at radius 1 is 1.12 bits per heavy atom. The largest absolute Gasteiger partial charge is 0.401 e. The lowest BCUT2D eigenvalue weighted by atomic mass is 9.90. The normalized spacial score (nSPS) is 17.1. The molecular weight excluding hydrogens is 555 g/mol. The Balaban J connectivity index is 0.000000238. The zero-order valence-corrected chi connectivity index (χ0v) is 25.5. The number of alkyl halides is 1. The highest BCUT2D eigenvalue weighted by atomic mass is 32.2. The molecule has 2 aromatic rings. The van der Waals surface area contributed by atoms with Gasteiger partial charge in [-0.2, -0.15) is 0 Å². The van der Waals surface area contributed by atoms with Crippen LogP contribution >= 0.6 is 0 Å². The number of halogens is 1. The van der Waals surface area contributed by atoms with E-state index in [2.05, 4.69) is 33.8 Å². The van der Waals surface area contributed by atoms with E-state index in [1.807, 2.05) is 6.92 Å². The molecule has 1 aliphatic carbocycles. The summed E-state index contributed by atoms with van der Waals surface area (Å²) in [5, 5.41) is 2.71. The monoisotopic (exact) mass is 600 g/mol. The molecule has 1 aliphatic heterocycles. The van der Waals surface area contributed by atoms with Crippen LogP contribution in [0.2, 0.25) is 0 Å². The molecule has 230 valence electrons. The maximum Gasteiger partial charge on any atom is 0.264 e. The lowest BCUT2D eigenvalue weighted by Gasteiger charge is -2.29. The van der Waals surface area contributed by atoms with Gasteiger partial charge in [-0.15, -0.1) is 0 Å². The number of carbonyl (C=O) groups excluding carboxylic acids is 1. The summed E-state index contributed by atoms with van der Waals surface area (Å²) in [6, 6.07) is 12.3. The standard InChI is InChI=1S/C16H22FN.C15H23N5O3S/c17-16-7-9-18(10-8-16)12-13-5-6-14-3-1-2-4-15(14)11-13;1-12-3-5-15(6-4-12)24(22,23)20(8-7-18-2)14(11-21)9-13(16)10-19-17/h5-6,11,16H,1-4,7-10,12H2;3-8,10-11,14,18-19H,9,16-17H2,1-2H3/b;8-7-,13-10-/t;14-/m.1/s1. The Hall–Kier alpha value is -3.41. The van der Waals surface area contributed by atoms with Gasteiger partial charge in [-0.3, -0.25) is 15.0 Å². The van der Waals surface area contributed by atoms with Crippen LogP contribution in [0.3, 0.4) is 0 Å². The highest BCUT2D eigenvalue weighted by molar-refractivity contribution is 7.89. The van der Waals surface area contributed by atoms with E-state index in [1.54, 1.807) is 30.3 Å². The smallest absolute Gasteiger partial charge is 0.264 e. The van der Waals surface area contributed by atoms with E-state index in [1.165, 1.54) is 62.0 Å². The Bertz CT molecular complexity index is 1310. The van der Waals surface area contributed by atoms with Crippen LogP contribution in [-0.4, -0.2) is 56.3 Å². The van der Waals surface area contributed by atoms with Gasteiger partial charge in [0.2, 0.25) is 0 Å². The van der Waals surface area contributed by atoms with Crippen molar-refractivity contribution in [1.29, 1.82) is 0 Å². The lowest BCUT2D eigenvalue weighted by Crippen LogP contribution is -2.38. The SMILES string of the molecule is CN/C=C\N([C@@H](C=O)C/C(N)=C/NN)S(=O)(=O)c1ccc(C)cc1.FC1CCN(Cc2ccc3c(c2)CCCC3)CC1. The molecule has 0 aromatic heterocycles. The molecule has 1 fully saturated rings. The van der Waals surface area contributed by atoms with E-state index < -0.39 is 22.2 Å².